The monoisotopic (exact) mass is 606 g/mol. The van der Waals surface area contributed by atoms with Crippen molar-refractivity contribution in [1.82, 2.24) is 20.2 Å². The Bertz CT molecular complexity index is 1730. The summed E-state index contributed by atoms with van der Waals surface area (Å²) in [6.07, 6.45) is -1.07. The number of nitrogens with one attached hydrogen (secondary N) is 3. The van der Waals surface area contributed by atoms with E-state index in [1.807, 2.05) is 0 Å². The number of aliphatic hydroxyl groups is 2. The van der Waals surface area contributed by atoms with Crippen LogP contribution in [0, 0.1) is 0 Å². The summed E-state index contributed by atoms with van der Waals surface area (Å²) in [4.78, 5) is 76.7. The summed E-state index contributed by atoms with van der Waals surface area (Å²) in [5.41, 5.74) is -1.81. The van der Waals surface area contributed by atoms with E-state index in [1.54, 1.807) is 24.3 Å². The van der Waals surface area contributed by atoms with Crippen LogP contribution in [0.5, 0.6) is 0 Å². The van der Waals surface area contributed by atoms with Crippen molar-refractivity contribution < 1.29 is 38.9 Å². The Morgan fingerprint density at radius 1 is 0.955 bits per heavy atom. The van der Waals surface area contributed by atoms with Gasteiger partial charge in [-0.25, -0.2) is 9.59 Å². The number of fused-ring (bicyclic) bond motifs is 2. The summed E-state index contributed by atoms with van der Waals surface area (Å²) in [6, 6.07) is 12.0. The lowest BCUT2D eigenvalue weighted by molar-refractivity contribution is -0.143. The number of nitrogens with zero attached hydrogens (tertiary/aromatic N) is 1. The molecule has 1 fully saturated rings. The van der Waals surface area contributed by atoms with Gasteiger partial charge in [-0.05, 0) is 31.0 Å². The number of ether oxygens (including phenoxy) is 2. The Labute approximate surface area is 249 Å². The number of unbranched alkanes of at least 4 members (excludes halogenated alkanes) is 1. The van der Waals surface area contributed by atoms with Gasteiger partial charge in [0.2, 0.25) is 0 Å². The standard InChI is InChI=1S/C30H30N4O10/c35-15-23-22(36)14-30(44-23,34-12-9-24(37)33-28(34)41)16-43-29(42)32-11-4-3-10-31-27(40)17-7-8-20-21(13-17)26(39)19-6-2-1-5-18(19)25(20)38/h1-2,5-9,12-13,22-23,35-36H,3-4,10-11,14-16H2,(H,31,40)(H,32,42)(H,33,37,41)/t22-,23+,30-/m0/s1. The summed E-state index contributed by atoms with van der Waals surface area (Å²) in [6.45, 7) is -0.565. The van der Waals surface area contributed by atoms with E-state index < -0.39 is 54.4 Å². The molecular weight excluding hydrogens is 576 g/mol. The van der Waals surface area contributed by atoms with Crippen LogP contribution in [0.4, 0.5) is 4.79 Å². The van der Waals surface area contributed by atoms with Crippen LogP contribution in [0.3, 0.4) is 0 Å². The second-order valence-corrected chi connectivity index (χ2v) is 10.5. The molecule has 1 saturated heterocycles. The molecule has 2 heterocycles. The number of H-pyrrole nitrogens is 1. The number of amides is 2. The Balaban J connectivity index is 1.08. The minimum absolute atomic E-state index is 0.181. The van der Waals surface area contributed by atoms with E-state index in [1.165, 1.54) is 18.2 Å². The van der Waals surface area contributed by atoms with Gasteiger partial charge in [0.1, 0.15) is 12.7 Å². The predicted molar refractivity (Wildman–Crippen MR) is 153 cm³/mol. The van der Waals surface area contributed by atoms with Gasteiger partial charge in [-0.1, -0.05) is 24.3 Å². The number of carbonyl (C=O) groups is 4. The number of carbonyl (C=O) groups excluding carboxylic acids is 4. The second-order valence-electron chi connectivity index (χ2n) is 10.5. The molecule has 0 bridgehead atoms. The Kier molecular flexibility index (Phi) is 8.85. The first-order chi connectivity index (χ1) is 21.1. The molecule has 1 aliphatic heterocycles. The van der Waals surface area contributed by atoms with E-state index >= 15 is 0 Å². The van der Waals surface area contributed by atoms with E-state index in [9.17, 15) is 39.0 Å². The second kappa shape index (κ2) is 12.8. The average Bonchev–Trinajstić information content (AvgIpc) is 3.36. The highest BCUT2D eigenvalue weighted by Gasteiger charge is 2.49. The van der Waals surface area contributed by atoms with Gasteiger partial charge in [-0.15, -0.1) is 0 Å². The summed E-state index contributed by atoms with van der Waals surface area (Å²) in [5, 5.41) is 25.0. The minimum atomic E-state index is -1.65. The maximum Gasteiger partial charge on any atom is 0.407 e. The predicted octanol–water partition coefficient (Wildman–Crippen LogP) is 0.0433. The number of alkyl carbamates (subject to hydrolysis) is 1. The van der Waals surface area contributed by atoms with E-state index in [0.29, 0.717) is 24.0 Å². The molecule has 0 radical (unpaired) electrons. The molecular formula is C30H30N4O10. The Morgan fingerprint density at radius 2 is 1.61 bits per heavy atom. The number of rotatable bonds is 10. The molecule has 230 valence electrons. The maximum atomic E-state index is 12.9. The van der Waals surface area contributed by atoms with E-state index in [0.717, 1.165) is 16.8 Å². The van der Waals surface area contributed by atoms with Crippen molar-refractivity contribution in [2.24, 2.45) is 0 Å². The van der Waals surface area contributed by atoms with Crippen LogP contribution in [0.1, 0.15) is 61.5 Å². The van der Waals surface area contributed by atoms with Gasteiger partial charge in [0.25, 0.3) is 11.5 Å². The highest BCUT2D eigenvalue weighted by molar-refractivity contribution is 6.28. The Morgan fingerprint density at radius 3 is 2.27 bits per heavy atom. The van der Waals surface area contributed by atoms with Gasteiger partial charge in [0.15, 0.2) is 17.3 Å². The lowest BCUT2D eigenvalue weighted by Gasteiger charge is -2.30. The third-order valence-corrected chi connectivity index (χ3v) is 7.55. The smallest absolute Gasteiger partial charge is 0.407 e. The number of benzene rings is 2. The minimum Gasteiger partial charge on any atom is -0.444 e. The van der Waals surface area contributed by atoms with Crippen LogP contribution >= 0.6 is 0 Å². The van der Waals surface area contributed by atoms with Crippen LogP contribution in [-0.2, 0) is 15.2 Å². The molecule has 2 aromatic carbocycles. The zero-order valence-electron chi connectivity index (χ0n) is 23.4. The first-order valence-electron chi connectivity index (χ1n) is 13.9. The van der Waals surface area contributed by atoms with Crippen molar-refractivity contribution in [2.75, 3.05) is 26.3 Å². The molecule has 0 spiro atoms. The molecule has 1 aromatic heterocycles. The summed E-state index contributed by atoms with van der Waals surface area (Å²) in [5.74, 6) is -0.998. The fourth-order valence-corrected chi connectivity index (χ4v) is 5.30. The molecule has 0 saturated carbocycles. The molecule has 2 aliphatic rings. The molecule has 0 unspecified atom stereocenters. The largest absolute Gasteiger partial charge is 0.444 e. The van der Waals surface area contributed by atoms with Crippen molar-refractivity contribution in [3.63, 3.8) is 0 Å². The van der Waals surface area contributed by atoms with Crippen LogP contribution in [0.15, 0.2) is 64.3 Å². The molecule has 14 nitrogen and oxygen atoms in total. The number of hydrogen-bond acceptors (Lipinski definition) is 10. The van der Waals surface area contributed by atoms with Crippen molar-refractivity contribution >= 4 is 23.6 Å². The molecule has 3 atom stereocenters. The number of aliphatic hydroxyl groups excluding tert-OH is 2. The normalized spacial score (nSPS) is 20.5. The summed E-state index contributed by atoms with van der Waals surface area (Å²) < 4.78 is 12.0. The molecule has 5 rings (SSSR count). The lowest BCUT2D eigenvalue weighted by atomic mass is 9.83. The van der Waals surface area contributed by atoms with Gasteiger partial charge >= 0.3 is 11.8 Å². The molecule has 1 aliphatic carbocycles. The van der Waals surface area contributed by atoms with E-state index in [2.05, 4.69) is 15.6 Å². The molecule has 44 heavy (non-hydrogen) atoms. The highest BCUT2D eigenvalue weighted by atomic mass is 16.6. The van der Waals surface area contributed by atoms with Gasteiger partial charge < -0.3 is 30.3 Å². The van der Waals surface area contributed by atoms with E-state index in [-0.39, 0.29) is 47.8 Å². The van der Waals surface area contributed by atoms with Crippen molar-refractivity contribution in [3.05, 3.63) is 103 Å². The highest BCUT2D eigenvalue weighted by Crippen LogP contribution is 2.34. The fourth-order valence-electron chi connectivity index (χ4n) is 5.30. The first kappa shape index (κ1) is 30.5. The maximum absolute atomic E-state index is 12.9. The summed E-state index contributed by atoms with van der Waals surface area (Å²) >= 11 is 0. The molecule has 5 N–H and O–H groups in total. The average molecular weight is 607 g/mol. The first-order valence-corrected chi connectivity index (χ1v) is 13.9. The zero-order valence-corrected chi connectivity index (χ0v) is 23.4. The summed E-state index contributed by atoms with van der Waals surface area (Å²) in [7, 11) is 0. The number of ketones is 2. The third kappa shape index (κ3) is 6.08. The topological polar surface area (TPSA) is 206 Å². The van der Waals surface area contributed by atoms with E-state index in [4.69, 9.17) is 9.47 Å². The Hall–Kier alpha value is -4.92. The number of aromatic amines is 1. The van der Waals surface area contributed by atoms with Crippen LogP contribution in [-0.4, -0.2) is 81.8 Å². The van der Waals surface area contributed by atoms with Gasteiger partial charge in [0, 0.05) is 59.6 Å². The zero-order chi connectivity index (χ0) is 31.4. The van der Waals surface area contributed by atoms with Crippen molar-refractivity contribution in [1.29, 1.82) is 0 Å². The SMILES string of the molecule is O=C(NCCCCNC(=O)c1ccc2c(c1)C(=O)c1ccccc1C2=O)OC[C@]1(n2ccc(=O)[nH]c2=O)C[C@H](O)[C@@H](CO)O1. The molecule has 14 heteroatoms. The molecule has 3 aromatic rings. The van der Waals surface area contributed by atoms with Gasteiger partial charge in [-0.3, -0.25) is 28.7 Å². The number of hydrogen-bond donors (Lipinski definition) is 5. The van der Waals surface area contributed by atoms with Crippen LogP contribution < -0.4 is 21.9 Å². The number of aromatic nitrogens is 2. The lowest BCUT2D eigenvalue weighted by Crippen LogP contribution is -2.48. The third-order valence-electron chi connectivity index (χ3n) is 7.55. The van der Waals surface area contributed by atoms with Crippen molar-refractivity contribution in [3.8, 4) is 0 Å². The molecule has 2 amide bonds. The van der Waals surface area contributed by atoms with Crippen LogP contribution in [0.2, 0.25) is 0 Å². The van der Waals surface area contributed by atoms with Gasteiger partial charge in [0.05, 0.1) is 12.7 Å². The van der Waals surface area contributed by atoms with Crippen molar-refractivity contribution in [2.45, 2.75) is 37.2 Å². The quantitative estimate of drug-likeness (QED) is 0.153. The fraction of sp³-hybridized carbons (Fsp3) is 0.333. The van der Waals surface area contributed by atoms with Crippen LogP contribution in [0.25, 0.3) is 0 Å². The van der Waals surface area contributed by atoms with Gasteiger partial charge in [-0.2, -0.15) is 0 Å².